The van der Waals surface area contributed by atoms with E-state index in [1.54, 1.807) is 20.1 Å². The Hall–Kier alpha value is -3.44. The second-order valence-electron chi connectivity index (χ2n) is 9.55. The molecule has 234 valence electrons. The zero-order valence-corrected chi connectivity index (χ0v) is 24.4. The minimum atomic E-state index is -1.67. The van der Waals surface area contributed by atoms with Crippen molar-refractivity contribution in [2.24, 2.45) is 17.4 Å². The third-order valence-electron chi connectivity index (χ3n) is 6.13. The van der Waals surface area contributed by atoms with Gasteiger partial charge in [-0.25, -0.2) is 4.79 Å². The van der Waals surface area contributed by atoms with Crippen LogP contribution in [0, 0.1) is 5.92 Å². The van der Waals surface area contributed by atoms with E-state index in [1.807, 2.05) is 0 Å². The average molecular weight is 607 g/mol. The molecule has 0 saturated carbocycles. The lowest BCUT2D eigenvalue weighted by Crippen LogP contribution is -2.61. The highest BCUT2D eigenvalue weighted by molar-refractivity contribution is 7.98. The Kier molecular flexibility index (Phi) is 17.2. The van der Waals surface area contributed by atoms with Crippen LogP contribution in [0.25, 0.3) is 0 Å². The number of carbonyl (C=O) groups excluding carboxylic acids is 5. The van der Waals surface area contributed by atoms with Gasteiger partial charge in [0.25, 0.3) is 0 Å². The first-order valence-electron chi connectivity index (χ1n) is 12.9. The average Bonchev–Trinajstić information content (AvgIpc) is 2.88. The van der Waals surface area contributed by atoms with Crippen molar-refractivity contribution in [3.8, 4) is 0 Å². The van der Waals surface area contributed by atoms with E-state index < -0.39 is 103 Å². The molecule has 0 unspecified atom stereocenters. The van der Waals surface area contributed by atoms with E-state index in [9.17, 15) is 43.8 Å². The van der Waals surface area contributed by atoms with Gasteiger partial charge in [-0.3, -0.25) is 28.8 Å². The molecule has 11 N–H and O–H groups in total. The number of carboxylic acids is 2. The van der Waals surface area contributed by atoms with E-state index in [0.29, 0.717) is 12.2 Å². The molecule has 0 aliphatic heterocycles. The van der Waals surface area contributed by atoms with E-state index >= 15 is 0 Å². The van der Waals surface area contributed by atoms with Crippen molar-refractivity contribution < 1.29 is 48.9 Å². The van der Waals surface area contributed by atoms with Crippen LogP contribution in [-0.4, -0.2) is 105 Å². The second kappa shape index (κ2) is 18.8. The summed E-state index contributed by atoms with van der Waals surface area (Å²) in [6, 6.07) is -7.16. The van der Waals surface area contributed by atoms with Crippen molar-refractivity contribution in [2.75, 3.05) is 12.0 Å². The Morgan fingerprint density at radius 1 is 0.805 bits per heavy atom. The maximum absolute atomic E-state index is 13.1. The number of amides is 5. The van der Waals surface area contributed by atoms with Gasteiger partial charge in [0.15, 0.2) is 0 Å². The summed E-state index contributed by atoms with van der Waals surface area (Å²) in [4.78, 5) is 85.7. The Morgan fingerprint density at radius 3 is 1.80 bits per heavy atom. The highest BCUT2D eigenvalue weighted by Gasteiger charge is 2.35. The van der Waals surface area contributed by atoms with Crippen LogP contribution in [0.15, 0.2) is 0 Å². The molecule has 7 atom stereocenters. The highest BCUT2D eigenvalue weighted by Crippen LogP contribution is 2.10. The Morgan fingerprint density at radius 2 is 1.34 bits per heavy atom. The van der Waals surface area contributed by atoms with Crippen molar-refractivity contribution in [3.63, 3.8) is 0 Å². The molecule has 0 aromatic carbocycles. The zero-order valence-electron chi connectivity index (χ0n) is 23.5. The largest absolute Gasteiger partial charge is 0.481 e. The van der Waals surface area contributed by atoms with E-state index in [0.717, 1.165) is 6.92 Å². The molecule has 0 spiro atoms. The van der Waals surface area contributed by atoms with Crippen molar-refractivity contribution in [3.05, 3.63) is 0 Å². The Labute approximate surface area is 242 Å². The summed E-state index contributed by atoms with van der Waals surface area (Å²) in [7, 11) is 0. The van der Waals surface area contributed by atoms with Crippen LogP contribution in [0.3, 0.4) is 0 Å². The lowest BCUT2D eigenvalue weighted by molar-refractivity contribution is -0.144. The minimum Gasteiger partial charge on any atom is -0.481 e. The number of hydrogen-bond acceptors (Lipinski definition) is 10. The van der Waals surface area contributed by atoms with Crippen molar-refractivity contribution in [1.82, 2.24) is 21.3 Å². The summed E-state index contributed by atoms with van der Waals surface area (Å²) < 4.78 is 0. The molecule has 0 aromatic rings. The summed E-state index contributed by atoms with van der Waals surface area (Å²) in [5.74, 6) is -7.48. The molecule has 0 rings (SSSR count). The highest BCUT2D eigenvalue weighted by atomic mass is 32.2. The van der Waals surface area contributed by atoms with E-state index in [1.165, 1.54) is 11.8 Å². The molecule has 0 heterocycles. The first-order valence-corrected chi connectivity index (χ1v) is 14.3. The maximum atomic E-state index is 13.1. The lowest BCUT2D eigenvalue weighted by Gasteiger charge is -2.28. The number of carbonyl (C=O) groups is 7. The molecule has 0 bridgehead atoms. The molecule has 41 heavy (non-hydrogen) atoms. The summed E-state index contributed by atoms with van der Waals surface area (Å²) >= 11 is 1.44. The SMILES string of the molecule is CC[C@H](C)[C@H](NC(=O)[C@@H](NC(=O)[C@H](CCC(=O)O)NC(=O)[C@H](CC(N)=O)NC(=O)[C@@H](N)CCSC)[C@@H](C)O)C(=O)O. The number of nitrogens with two attached hydrogens (primary N) is 2. The predicted molar refractivity (Wildman–Crippen MR) is 148 cm³/mol. The van der Waals surface area contributed by atoms with Gasteiger partial charge in [0, 0.05) is 6.42 Å². The van der Waals surface area contributed by atoms with Crippen LogP contribution in [-0.2, 0) is 33.6 Å². The molecule has 0 saturated heterocycles. The van der Waals surface area contributed by atoms with Crippen LogP contribution >= 0.6 is 11.8 Å². The normalized spacial score (nSPS) is 16.0. The minimum absolute atomic E-state index is 0.268. The van der Waals surface area contributed by atoms with Crippen LogP contribution < -0.4 is 32.7 Å². The number of rotatable bonds is 20. The van der Waals surface area contributed by atoms with Crippen molar-refractivity contribution >= 4 is 53.2 Å². The zero-order chi connectivity index (χ0) is 31.9. The number of aliphatic hydroxyl groups excluding tert-OH is 1. The monoisotopic (exact) mass is 606 g/mol. The van der Waals surface area contributed by atoms with Gasteiger partial charge >= 0.3 is 11.9 Å². The fraction of sp³-hybridized carbons (Fsp3) is 0.708. The number of aliphatic hydroxyl groups is 1. The smallest absolute Gasteiger partial charge is 0.326 e. The summed E-state index contributed by atoms with van der Waals surface area (Å²) in [6.07, 6.45) is -0.794. The lowest BCUT2D eigenvalue weighted by atomic mass is 9.98. The van der Waals surface area contributed by atoms with Crippen LogP contribution in [0.2, 0.25) is 0 Å². The predicted octanol–water partition coefficient (Wildman–Crippen LogP) is -2.74. The fourth-order valence-corrected chi connectivity index (χ4v) is 3.95. The number of carboxylic acid groups (broad SMARTS) is 2. The Bertz CT molecular complexity index is 950. The quantitative estimate of drug-likeness (QED) is 0.0682. The van der Waals surface area contributed by atoms with Gasteiger partial charge in [0.05, 0.1) is 18.6 Å². The molecular weight excluding hydrogens is 564 g/mol. The van der Waals surface area contributed by atoms with E-state index in [-0.39, 0.29) is 6.42 Å². The summed E-state index contributed by atoms with van der Waals surface area (Å²) in [5, 5.41) is 37.7. The van der Waals surface area contributed by atoms with Gasteiger partial charge in [0.2, 0.25) is 29.5 Å². The fourth-order valence-electron chi connectivity index (χ4n) is 3.46. The van der Waals surface area contributed by atoms with Crippen molar-refractivity contribution in [1.29, 1.82) is 0 Å². The first-order chi connectivity index (χ1) is 19.0. The number of aliphatic carboxylic acids is 2. The van der Waals surface area contributed by atoms with Crippen molar-refractivity contribution in [2.45, 2.75) is 89.2 Å². The number of nitrogens with one attached hydrogen (secondary N) is 4. The number of primary amides is 1. The number of thioether (sulfide) groups is 1. The molecule has 0 aliphatic carbocycles. The Balaban J connectivity index is 5.88. The summed E-state index contributed by atoms with van der Waals surface area (Å²) in [6.45, 7) is 4.46. The van der Waals surface area contributed by atoms with Gasteiger partial charge < -0.3 is 48.1 Å². The van der Waals surface area contributed by atoms with Crippen LogP contribution in [0.1, 0.15) is 52.9 Å². The molecule has 16 nitrogen and oxygen atoms in total. The van der Waals surface area contributed by atoms with Gasteiger partial charge in [-0.05, 0) is 37.7 Å². The topological polar surface area (TPSA) is 280 Å². The van der Waals surface area contributed by atoms with Gasteiger partial charge in [-0.1, -0.05) is 20.3 Å². The summed E-state index contributed by atoms with van der Waals surface area (Å²) in [5.41, 5.74) is 11.0. The molecule has 0 radical (unpaired) electrons. The first kappa shape index (κ1) is 37.6. The third-order valence-corrected chi connectivity index (χ3v) is 6.77. The molecule has 0 fully saturated rings. The van der Waals surface area contributed by atoms with E-state index in [2.05, 4.69) is 21.3 Å². The number of hydrogen-bond donors (Lipinski definition) is 9. The van der Waals surface area contributed by atoms with Gasteiger partial charge in [0.1, 0.15) is 24.2 Å². The third kappa shape index (κ3) is 14.1. The standard InChI is InChI=1S/C24H42N6O10S/c1-5-11(2)18(24(39)40)29-23(38)19(12(3)31)30-21(36)14(6-7-17(33)34)27-22(37)15(10-16(26)32)28-20(35)13(25)8-9-41-4/h11-15,18-19,31H,5-10,25H2,1-4H3,(H2,26,32)(H,27,37)(H,28,35)(H,29,38)(H,30,36)(H,33,34)(H,39,40)/t11-,12+,13-,14-,15-,18-,19-/m0/s1. The van der Waals surface area contributed by atoms with Crippen LogP contribution in [0.4, 0.5) is 0 Å². The molecular formula is C24H42N6O10S. The maximum Gasteiger partial charge on any atom is 0.326 e. The van der Waals surface area contributed by atoms with Gasteiger partial charge in [-0.15, -0.1) is 0 Å². The molecule has 0 aromatic heterocycles. The van der Waals surface area contributed by atoms with Gasteiger partial charge in [-0.2, -0.15) is 11.8 Å². The van der Waals surface area contributed by atoms with Crippen LogP contribution in [0.5, 0.6) is 0 Å². The second-order valence-corrected chi connectivity index (χ2v) is 10.5. The molecule has 17 heteroatoms. The van der Waals surface area contributed by atoms with E-state index in [4.69, 9.17) is 16.6 Å². The molecule has 0 aliphatic rings. The molecule has 5 amide bonds.